The van der Waals surface area contributed by atoms with E-state index in [2.05, 4.69) is 6.92 Å². The lowest BCUT2D eigenvalue weighted by Crippen LogP contribution is -2.02. The predicted octanol–water partition coefficient (Wildman–Crippen LogP) is 3.30. The molecule has 17 heavy (non-hydrogen) atoms. The number of carboxylic acids is 1. The van der Waals surface area contributed by atoms with Gasteiger partial charge >= 0.3 is 5.97 Å². The van der Waals surface area contributed by atoms with Crippen LogP contribution in [0, 0.1) is 0 Å². The Balaban J connectivity index is 2.27. The number of aromatic carboxylic acids is 1. The average molecular weight is 254 g/mol. The van der Waals surface area contributed by atoms with Crippen LogP contribution in [-0.4, -0.2) is 29.2 Å². The van der Waals surface area contributed by atoms with Gasteiger partial charge in [0.2, 0.25) is 0 Å². The van der Waals surface area contributed by atoms with Crippen molar-refractivity contribution in [2.45, 2.75) is 19.8 Å². The highest BCUT2D eigenvalue weighted by Crippen LogP contribution is 2.14. The second-order valence-electron chi connectivity index (χ2n) is 3.65. The highest BCUT2D eigenvalue weighted by atomic mass is 32.2. The van der Waals surface area contributed by atoms with Crippen LogP contribution in [0.3, 0.4) is 0 Å². The van der Waals surface area contributed by atoms with Crippen molar-refractivity contribution >= 4 is 17.7 Å². The standard InChI is InChI=1S/C13H18O3S/c1-2-3-8-17-9-7-16-12-6-4-5-11(10-12)13(14)15/h4-6,10H,2-3,7-9H2,1H3,(H,14,15). The summed E-state index contributed by atoms with van der Waals surface area (Å²) in [6.07, 6.45) is 2.45. The van der Waals surface area contributed by atoms with E-state index < -0.39 is 5.97 Å². The Morgan fingerprint density at radius 3 is 2.94 bits per heavy atom. The molecule has 94 valence electrons. The van der Waals surface area contributed by atoms with Crippen LogP contribution in [0.1, 0.15) is 30.1 Å². The first kappa shape index (κ1) is 13.9. The molecule has 0 unspecified atom stereocenters. The van der Waals surface area contributed by atoms with Gasteiger partial charge in [-0.15, -0.1) is 0 Å². The van der Waals surface area contributed by atoms with E-state index >= 15 is 0 Å². The maximum absolute atomic E-state index is 10.7. The minimum Gasteiger partial charge on any atom is -0.493 e. The summed E-state index contributed by atoms with van der Waals surface area (Å²) in [5.74, 6) is 1.81. The predicted molar refractivity (Wildman–Crippen MR) is 71.1 cm³/mol. The Bertz CT molecular complexity index is 352. The number of rotatable bonds is 8. The number of benzene rings is 1. The third-order valence-corrected chi connectivity index (χ3v) is 3.25. The molecule has 1 N–H and O–H groups in total. The highest BCUT2D eigenvalue weighted by Gasteiger charge is 2.03. The normalized spacial score (nSPS) is 10.2. The van der Waals surface area contributed by atoms with E-state index in [0.717, 1.165) is 11.5 Å². The maximum Gasteiger partial charge on any atom is 0.335 e. The topological polar surface area (TPSA) is 46.5 Å². The minimum absolute atomic E-state index is 0.265. The lowest BCUT2D eigenvalue weighted by molar-refractivity contribution is 0.0696. The molecular formula is C13H18O3S. The summed E-state index contributed by atoms with van der Waals surface area (Å²) in [4.78, 5) is 10.7. The van der Waals surface area contributed by atoms with Gasteiger partial charge in [0.15, 0.2) is 0 Å². The number of unbranched alkanes of at least 4 members (excludes halogenated alkanes) is 1. The Kier molecular flexibility index (Phi) is 6.55. The van der Waals surface area contributed by atoms with Gasteiger partial charge in [0.05, 0.1) is 12.2 Å². The van der Waals surface area contributed by atoms with E-state index in [1.165, 1.54) is 12.8 Å². The molecule has 1 aromatic rings. The van der Waals surface area contributed by atoms with Crippen molar-refractivity contribution in [1.29, 1.82) is 0 Å². The lowest BCUT2D eigenvalue weighted by atomic mass is 10.2. The fourth-order valence-corrected chi connectivity index (χ4v) is 2.18. The molecule has 0 saturated heterocycles. The van der Waals surface area contributed by atoms with Crippen molar-refractivity contribution in [1.82, 2.24) is 0 Å². The zero-order valence-corrected chi connectivity index (χ0v) is 10.8. The number of carboxylic acid groups (broad SMARTS) is 1. The van der Waals surface area contributed by atoms with E-state index in [9.17, 15) is 4.79 Å². The smallest absolute Gasteiger partial charge is 0.335 e. The summed E-state index contributed by atoms with van der Waals surface area (Å²) >= 11 is 1.87. The van der Waals surface area contributed by atoms with E-state index in [4.69, 9.17) is 9.84 Å². The molecule has 0 saturated carbocycles. The van der Waals surface area contributed by atoms with Crippen LogP contribution < -0.4 is 4.74 Å². The largest absolute Gasteiger partial charge is 0.493 e. The molecule has 0 radical (unpaired) electrons. The summed E-state index contributed by atoms with van der Waals surface area (Å²) in [6, 6.07) is 6.59. The first-order valence-corrected chi connectivity index (χ1v) is 6.93. The zero-order valence-electron chi connectivity index (χ0n) is 10.0. The third kappa shape index (κ3) is 5.63. The molecule has 0 aliphatic rings. The zero-order chi connectivity index (χ0) is 12.5. The van der Waals surface area contributed by atoms with E-state index in [0.29, 0.717) is 12.4 Å². The second kappa shape index (κ2) is 8.01. The summed E-state index contributed by atoms with van der Waals surface area (Å²) in [5.41, 5.74) is 0.265. The first-order valence-electron chi connectivity index (χ1n) is 5.78. The van der Waals surface area contributed by atoms with Crippen LogP contribution in [0.15, 0.2) is 24.3 Å². The lowest BCUT2D eigenvalue weighted by Gasteiger charge is -2.06. The minimum atomic E-state index is -0.923. The highest BCUT2D eigenvalue weighted by molar-refractivity contribution is 7.99. The van der Waals surface area contributed by atoms with Gasteiger partial charge in [-0.25, -0.2) is 4.79 Å². The van der Waals surface area contributed by atoms with Gasteiger partial charge in [-0.3, -0.25) is 0 Å². The molecule has 3 nitrogen and oxygen atoms in total. The SMILES string of the molecule is CCCCSCCOc1cccc(C(=O)O)c1. The summed E-state index contributed by atoms with van der Waals surface area (Å²) in [7, 11) is 0. The quantitative estimate of drug-likeness (QED) is 0.723. The molecule has 0 bridgehead atoms. The van der Waals surface area contributed by atoms with Gasteiger partial charge in [0, 0.05) is 5.75 Å². The molecule has 0 heterocycles. The molecule has 0 aliphatic heterocycles. The van der Waals surface area contributed by atoms with E-state index in [1.54, 1.807) is 24.3 Å². The van der Waals surface area contributed by atoms with Gasteiger partial charge in [0.25, 0.3) is 0 Å². The molecule has 0 amide bonds. The summed E-state index contributed by atoms with van der Waals surface area (Å²) in [5, 5.41) is 8.82. The van der Waals surface area contributed by atoms with Crippen LogP contribution in [-0.2, 0) is 0 Å². The number of ether oxygens (including phenoxy) is 1. The Hall–Kier alpha value is -1.16. The van der Waals surface area contributed by atoms with Crippen LogP contribution in [0.2, 0.25) is 0 Å². The molecule has 0 atom stereocenters. The molecule has 0 aromatic heterocycles. The van der Waals surface area contributed by atoms with Crippen molar-refractivity contribution in [3.05, 3.63) is 29.8 Å². The van der Waals surface area contributed by atoms with Crippen molar-refractivity contribution in [3.63, 3.8) is 0 Å². The molecule has 4 heteroatoms. The van der Waals surface area contributed by atoms with Crippen LogP contribution in [0.4, 0.5) is 0 Å². The average Bonchev–Trinajstić information content (AvgIpc) is 2.34. The Morgan fingerprint density at radius 1 is 1.41 bits per heavy atom. The van der Waals surface area contributed by atoms with Crippen LogP contribution >= 0.6 is 11.8 Å². The molecule has 0 fully saturated rings. The number of hydrogen-bond donors (Lipinski definition) is 1. The monoisotopic (exact) mass is 254 g/mol. The number of hydrogen-bond acceptors (Lipinski definition) is 3. The number of thioether (sulfide) groups is 1. The van der Waals surface area contributed by atoms with Gasteiger partial charge in [-0.05, 0) is 30.4 Å². The number of carbonyl (C=O) groups is 1. The molecule has 0 spiro atoms. The van der Waals surface area contributed by atoms with E-state index in [1.807, 2.05) is 11.8 Å². The van der Waals surface area contributed by atoms with Gasteiger partial charge < -0.3 is 9.84 Å². The fraction of sp³-hybridized carbons (Fsp3) is 0.462. The van der Waals surface area contributed by atoms with Crippen molar-refractivity contribution in [2.75, 3.05) is 18.1 Å². The van der Waals surface area contributed by atoms with Crippen molar-refractivity contribution in [3.8, 4) is 5.75 Å². The van der Waals surface area contributed by atoms with Gasteiger partial charge in [-0.1, -0.05) is 19.4 Å². The maximum atomic E-state index is 10.7. The van der Waals surface area contributed by atoms with Crippen LogP contribution in [0.5, 0.6) is 5.75 Å². The first-order chi connectivity index (χ1) is 8.24. The van der Waals surface area contributed by atoms with Gasteiger partial charge in [-0.2, -0.15) is 11.8 Å². The molecule has 0 aliphatic carbocycles. The summed E-state index contributed by atoms with van der Waals surface area (Å²) in [6.45, 7) is 2.80. The van der Waals surface area contributed by atoms with Crippen molar-refractivity contribution in [2.24, 2.45) is 0 Å². The fourth-order valence-electron chi connectivity index (χ4n) is 1.29. The van der Waals surface area contributed by atoms with Crippen molar-refractivity contribution < 1.29 is 14.6 Å². The Labute approximate surface area is 106 Å². The molecular weight excluding hydrogens is 236 g/mol. The molecule has 1 rings (SSSR count). The summed E-state index contributed by atoms with van der Waals surface area (Å²) < 4.78 is 5.49. The molecule has 1 aromatic carbocycles. The third-order valence-electron chi connectivity index (χ3n) is 2.22. The van der Waals surface area contributed by atoms with Gasteiger partial charge in [0.1, 0.15) is 5.75 Å². The van der Waals surface area contributed by atoms with E-state index in [-0.39, 0.29) is 5.56 Å². The van der Waals surface area contributed by atoms with Crippen LogP contribution in [0.25, 0.3) is 0 Å². The second-order valence-corrected chi connectivity index (χ2v) is 4.87. The Morgan fingerprint density at radius 2 is 2.24 bits per heavy atom.